The third-order valence-electron chi connectivity index (χ3n) is 3.94. The molecule has 0 spiro atoms. The minimum absolute atomic E-state index is 0.108. The maximum absolute atomic E-state index is 12.4. The smallest absolute Gasteiger partial charge is 0.251 e. The van der Waals surface area contributed by atoms with E-state index in [0.717, 1.165) is 11.1 Å². The van der Waals surface area contributed by atoms with Gasteiger partial charge in [0.2, 0.25) is 10.0 Å². The highest BCUT2D eigenvalue weighted by Gasteiger charge is 2.14. The average molecular weight is 381 g/mol. The van der Waals surface area contributed by atoms with E-state index >= 15 is 0 Å². The molecule has 7 heteroatoms. The molecule has 27 heavy (non-hydrogen) atoms. The van der Waals surface area contributed by atoms with Crippen LogP contribution in [-0.4, -0.2) is 19.3 Å². The lowest BCUT2D eigenvalue weighted by Crippen LogP contribution is -2.24. The first kappa shape index (κ1) is 18.8. The van der Waals surface area contributed by atoms with E-state index in [1.165, 1.54) is 24.3 Å². The molecule has 138 valence electrons. The number of nitrogens with zero attached hydrogens (tertiary/aromatic N) is 1. The van der Waals surface area contributed by atoms with E-state index in [9.17, 15) is 13.2 Å². The SMILES string of the molecule is O=C(NCc1ccccc1)c1ccc(S(=O)(=O)NCc2ccncc2)cc1. The zero-order valence-corrected chi connectivity index (χ0v) is 15.3. The van der Waals surface area contributed by atoms with Gasteiger partial charge >= 0.3 is 0 Å². The van der Waals surface area contributed by atoms with Gasteiger partial charge in [-0.05, 0) is 47.5 Å². The molecule has 0 aliphatic carbocycles. The van der Waals surface area contributed by atoms with Gasteiger partial charge in [-0.2, -0.15) is 0 Å². The fourth-order valence-electron chi connectivity index (χ4n) is 2.43. The molecule has 3 rings (SSSR count). The lowest BCUT2D eigenvalue weighted by atomic mass is 10.2. The Hall–Kier alpha value is -3.03. The first-order valence-electron chi connectivity index (χ1n) is 8.35. The van der Waals surface area contributed by atoms with Gasteiger partial charge in [-0.15, -0.1) is 0 Å². The van der Waals surface area contributed by atoms with Crippen LogP contribution in [0.15, 0.2) is 84.0 Å². The van der Waals surface area contributed by atoms with E-state index in [1.54, 1.807) is 24.5 Å². The van der Waals surface area contributed by atoms with Gasteiger partial charge in [0.1, 0.15) is 0 Å². The number of nitrogens with one attached hydrogen (secondary N) is 2. The van der Waals surface area contributed by atoms with Crippen LogP contribution in [0.2, 0.25) is 0 Å². The minimum Gasteiger partial charge on any atom is -0.348 e. The number of carbonyl (C=O) groups excluding carboxylic acids is 1. The highest BCUT2D eigenvalue weighted by molar-refractivity contribution is 7.89. The van der Waals surface area contributed by atoms with Crippen molar-refractivity contribution >= 4 is 15.9 Å². The van der Waals surface area contributed by atoms with E-state index in [1.807, 2.05) is 30.3 Å². The summed E-state index contributed by atoms with van der Waals surface area (Å²) >= 11 is 0. The molecule has 1 amide bonds. The zero-order chi connectivity index (χ0) is 19.1. The monoisotopic (exact) mass is 381 g/mol. The molecule has 0 atom stereocenters. The Balaban J connectivity index is 1.61. The van der Waals surface area contributed by atoms with E-state index < -0.39 is 10.0 Å². The quantitative estimate of drug-likeness (QED) is 0.658. The molecule has 0 radical (unpaired) electrons. The van der Waals surface area contributed by atoms with Crippen molar-refractivity contribution in [1.82, 2.24) is 15.0 Å². The average Bonchev–Trinajstić information content (AvgIpc) is 2.72. The Morgan fingerprint density at radius 2 is 1.44 bits per heavy atom. The summed E-state index contributed by atoms with van der Waals surface area (Å²) in [6.45, 7) is 0.581. The summed E-state index contributed by atoms with van der Waals surface area (Å²) in [5.74, 6) is -0.257. The van der Waals surface area contributed by atoms with Crippen LogP contribution in [0.5, 0.6) is 0 Å². The van der Waals surface area contributed by atoms with Gasteiger partial charge in [0.05, 0.1) is 4.90 Å². The van der Waals surface area contributed by atoms with Crippen molar-refractivity contribution in [2.75, 3.05) is 0 Å². The number of benzene rings is 2. The normalized spacial score (nSPS) is 11.1. The maximum Gasteiger partial charge on any atom is 0.251 e. The van der Waals surface area contributed by atoms with Crippen molar-refractivity contribution in [1.29, 1.82) is 0 Å². The molecule has 0 saturated heterocycles. The highest BCUT2D eigenvalue weighted by Crippen LogP contribution is 2.12. The Kier molecular flexibility index (Phi) is 5.95. The number of rotatable bonds is 7. The van der Waals surface area contributed by atoms with Crippen molar-refractivity contribution in [3.8, 4) is 0 Å². The van der Waals surface area contributed by atoms with Crippen molar-refractivity contribution in [3.05, 3.63) is 95.8 Å². The number of sulfonamides is 1. The highest BCUT2D eigenvalue weighted by atomic mass is 32.2. The second kappa shape index (κ2) is 8.57. The van der Waals surface area contributed by atoms with Gasteiger partial charge in [0.15, 0.2) is 0 Å². The van der Waals surface area contributed by atoms with Gasteiger partial charge < -0.3 is 5.32 Å². The van der Waals surface area contributed by atoms with E-state index in [4.69, 9.17) is 0 Å². The summed E-state index contributed by atoms with van der Waals surface area (Å²) in [7, 11) is -3.66. The molecule has 0 aliphatic rings. The number of amides is 1. The molecule has 2 N–H and O–H groups in total. The topological polar surface area (TPSA) is 88.2 Å². The Labute approximate surface area is 158 Å². The molecule has 0 fully saturated rings. The summed E-state index contributed by atoms with van der Waals surface area (Å²) < 4.78 is 27.3. The number of pyridine rings is 1. The summed E-state index contributed by atoms with van der Waals surface area (Å²) in [4.78, 5) is 16.2. The van der Waals surface area contributed by atoms with Crippen LogP contribution in [0.1, 0.15) is 21.5 Å². The maximum atomic E-state index is 12.4. The van der Waals surface area contributed by atoms with Crippen LogP contribution < -0.4 is 10.0 Å². The Bertz CT molecular complexity index is 990. The summed E-state index contributed by atoms with van der Waals surface area (Å²) in [6, 6.07) is 18.9. The van der Waals surface area contributed by atoms with Gasteiger partial charge in [-0.1, -0.05) is 30.3 Å². The summed E-state index contributed by atoms with van der Waals surface area (Å²) in [6.07, 6.45) is 3.21. The Morgan fingerprint density at radius 3 is 2.11 bits per heavy atom. The third kappa shape index (κ3) is 5.22. The predicted octanol–water partition coefficient (Wildman–Crippen LogP) is 2.49. The van der Waals surface area contributed by atoms with Crippen molar-refractivity contribution < 1.29 is 13.2 Å². The molecule has 1 heterocycles. The van der Waals surface area contributed by atoms with Crippen LogP contribution in [0.25, 0.3) is 0 Å². The molecule has 1 aromatic heterocycles. The molecular weight excluding hydrogens is 362 g/mol. The first-order valence-corrected chi connectivity index (χ1v) is 9.84. The van der Waals surface area contributed by atoms with Crippen molar-refractivity contribution in [2.24, 2.45) is 0 Å². The van der Waals surface area contributed by atoms with E-state index in [2.05, 4.69) is 15.0 Å². The number of hydrogen-bond acceptors (Lipinski definition) is 4. The summed E-state index contributed by atoms with van der Waals surface area (Å²) in [5.41, 5.74) is 2.20. The van der Waals surface area contributed by atoms with E-state index in [-0.39, 0.29) is 17.3 Å². The molecule has 6 nitrogen and oxygen atoms in total. The lowest BCUT2D eigenvalue weighted by molar-refractivity contribution is 0.0951. The standard InChI is InChI=1S/C20H19N3O3S/c24-20(22-14-16-4-2-1-3-5-16)18-6-8-19(9-7-18)27(25,26)23-15-17-10-12-21-13-11-17/h1-13,23H,14-15H2,(H,22,24). The van der Waals surface area contributed by atoms with Crippen LogP contribution in [-0.2, 0) is 23.1 Å². The number of aromatic nitrogens is 1. The molecule has 0 saturated carbocycles. The van der Waals surface area contributed by atoms with E-state index in [0.29, 0.717) is 12.1 Å². The van der Waals surface area contributed by atoms with Crippen molar-refractivity contribution in [2.45, 2.75) is 18.0 Å². The molecule has 2 aromatic carbocycles. The van der Waals surface area contributed by atoms with Gasteiger partial charge in [-0.25, -0.2) is 13.1 Å². The fraction of sp³-hybridized carbons (Fsp3) is 0.100. The first-order chi connectivity index (χ1) is 13.0. The molecular formula is C20H19N3O3S. The molecule has 0 aliphatic heterocycles. The predicted molar refractivity (Wildman–Crippen MR) is 102 cm³/mol. The lowest BCUT2D eigenvalue weighted by Gasteiger charge is -2.08. The van der Waals surface area contributed by atoms with Gasteiger partial charge in [0.25, 0.3) is 5.91 Å². The molecule has 3 aromatic rings. The zero-order valence-electron chi connectivity index (χ0n) is 14.5. The van der Waals surface area contributed by atoms with Crippen LogP contribution in [0, 0.1) is 0 Å². The van der Waals surface area contributed by atoms with Crippen LogP contribution >= 0.6 is 0 Å². The minimum atomic E-state index is -3.66. The second-order valence-corrected chi connectivity index (χ2v) is 7.64. The van der Waals surface area contributed by atoms with Gasteiger partial charge in [-0.3, -0.25) is 9.78 Å². The molecule has 0 unspecified atom stereocenters. The Morgan fingerprint density at radius 1 is 0.815 bits per heavy atom. The largest absolute Gasteiger partial charge is 0.348 e. The second-order valence-electron chi connectivity index (χ2n) is 5.87. The number of hydrogen-bond donors (Lipinski definition) is 2. The van der Waals surface area contributed by atoms with Crippen LogP contribution in [0.4, 0.5) is 0 Å². The van der Waals surface area contributed by atoms with Crippen LogP contribution in [0.3, 0.4) is 0 Å². The van der Waals surface area contributed by atoms with Crippen molar-refractivity contribution in [3.63, 3.8) is 0 Å². The third-order valence-corrected chi connectivity index (χ3v) is 5.36. The molecule has 0 bridgehead atoms. The number of carbonyl (C=O) groups is 1. The fourth-order valence-corrected chi connectivity index (χ4v) is 3.45. The van der Waals surface area contributed by atoms with Gasteiger partial charge in [0, 0.05) is 31.0 Å². The summed E-state index contributed by atoms with van der Waals surface area (Å²) in [5, 5.41) is 2.81.